The maximum Gasteiger partial charge on any atom is 0.261 e. The number of nitrogens with one attached hydrogen (secondary N) is 2. The molecule has 34 heavy (non-hydrogen) atoms. The van der Waals surface area contributed by atoms with Gasteiger partial charge in [0.1, 0.15) is 11.9 Å². The van der Waals surface area contributed by atoms with Crippen LogP contribution in [-0.4, -0.2) is 35.3 Å². The van der Waals surface area contributed by atoms with E-state index in [4.69, 9.17) is 0 Å². The summed E-state index contributed by atoms with van der Waals surface area (Å²) >= 11 is 1.26. The lowest BCUT2D eigenvalue weighted by atomic mass is 10.0. The Morgan fingerprint density at radius 3 is 2.62 bits per heavy atom. The summed E-state index contributed by atoms with van der Waals surface area (Å²) in [7, 11) is 0. The quantitative estimate of drug-likeness (QED) is 0.512. The molecule has 9 heteroatoms. The van der Waals surface area contributed by atoms with Crippen LogP contribution >= 0.6 is 11.3 Å². The highest BCUT2D eigenvalue weighted by molar-refractivity contribution is 7.12. The molecule has 1 saturated carbocycles. The molecule has 1 aliphatic carbocycles. The van der Waals surface area contributed by atoms with E-state index >= 15 is 0 Å². The van der Waals surface area contributed by atoms with Crippen molar-refractivity contribution >= 4 is 34.7 Å². The smallest absolute Gasteiger partial charge is 0.261 e. The van der Waals surface area contributed by atoms with Crippen molar-refractivity contribution in [1.82, 2.24) is 15.6 Å². The Hall–Kier alpha value is -3.59. The second kappa shape index (κ2) is 11.0. The van der Waals surface area contributed by atoms with Crippen molar-refractivity contribution in [3.05, 3.63) is 82.6 Å². The summed E-state index contributed by atoms with van der Waals surface area (Å²) < 4.78 is 14.2. The van der Waals surface area contributed by atoms with Gasteiger partial charge in [0.25, 0.3) is 5.91 Å². The van der Waals surface area contributed by atoms with Crippen molar-refractivity contribution in [2.45, 2.75) is 37.8 Å². The van der Waals surface area contributed by atoms with Crippen LogP contribution in [0, 0.1) is 5.82 Å². The SMILES string of the molecule is O=C(NCC(=O)N(c1cccc(F)c1)[C@H](C(=O)NC1CCCC1)c1cccnc1)c1cccs1. The standard InChI is InChI=1S/C25H25FN4O3S/c26-18-7-3-10-20(14-18)30(22(31)16-28-24(32)21-11-5-13-34-21)23(17-6-4-12-27-15-17)25(33)29-19-8-1-2-9-19/h3-7,10-15,19,23H,1-2,8-9,16H2,(H,28,32)(H,29,33)/t23-/m0/s1. The van der Waals surface area contributed by atoms with Crippen LogP contribution in [0.15, 0.2) is 66.3 Å². The number of pyridine rings is 1. The molecule has 2 heterocycles. The first-order valence-electron chi connectivity index (χ1n) is 11.1. The predicted octanol–water partition coefficient (Wildman–Crippen LogP) is 3.85. The van der Waals surface area contributed by atoms with Gasteiger partial charge in [0.2, 0.25) is 11.8 Å². The maximum absolute atomic E-state index is 14.2. The van der Waals surface area contributed by atoms with E-state index in [0.29, 0.717) is 10.4 Å². The average molecular weight is 481 g/mol. The van der Waals surface area contributed by atoms with Crippen LogP contribution in [0.1, 0.15) is 47.0 Å². The van der Waals surface area contributed by atoms with Crippen LogP contribution in [-0.2, 0) is 9.59 Å². The van der Waals surface area contributed by atoms with Gasteiger partial charge in [0, 0.05) is 29.7 Å². The number of amides is 3. The van der Waals surface area contributed by atoms with Crippen molar-refractivity contribution in [3.8, 4) is 0 Å². The molecule has 1 aliphatic rings. The lowest BCUT2D eigenvalue weighted by molar-refractivity contribution is -0.126. The third-order valence-electron chi connectivity index (χ3n) is 5.71. The minimum atomic E-state index is -1.08. The zero-order chi connectivity index (χ0) is 23.9. The number of hydrogen-bond acceptors (Lipinski definition) is 5. The first-order valence-corrected chi connectivity index (χ1v) is 12.0. The summed E-state index contributed by atoms with van der Waals surface area (Å²) in [6.45, 7) is -0.360. The number of nitrogens with zero attached hydrogens (tertiary/aromatic N) is 2. The molecule has 0 spiro atoms. The Morgan fingerprint density at radius 1 is 1.12 bits per heavy atom. The van der Waals surface area contributed by atoms with Crippen molar-refractivity contribution in [3.63, 3.8) is 0 Å². The number of carbonyl (C=O) groups excluding carboxylic acids is 3. The monoisotopic (exact) mass is 480 g/mol. The molecule has 4 rings (SSSR count). The summed E-state index contributed by atoms with van der Waals surface area (Å²) in [5, 5.41) is 7.42. The van der Waals surface area contributed by atoms with Gasteiger partial charge in [-0.1, -0.05) is 31.0 Å². The minimum absolute atomic E-state index is 0.0228. The second-order valence-electron chi connectivity index (χ2n) is 8.08. The van der Waals surface area contributed by atoms with E-state index in [1.54, 1.807) is 41.9 Å². The lowest BCUT2D eigenvalue weighted by Crippen LogP contribution is -2.49. The lowest BCUT2D eigenvalue weighted by Gasteiger charge is -2.32. The average Bonchev–Trinajstić information content (AvgIpc) is 3.56. The molecule has 0 unspecified atom stereocenters. The molecule has 1 atom stereocenters. The minimum Gasteiger partial charge on any atom is -0.351 e. The first kappa shape index (κ1) is 23.6. The van der Waals surface area contributed by atoms with Crippen LogP contribution < -0.4 is 15.5 Å². The predicted molar refractivity (Wildman–Crippen MR) is 128 cm³/mol. The normalized spacial score (nSPS) is 14.4. The van der Waals surface area contributed by atoms with Crippen LogP contribution in [0.2, 0.25) is 0 Å². The number of halogens is 1. The molecular formula is C25H25FN4O3S. The van der Waals surface area contributed by atoms with Gasteiger partial charge >= 0.3 is 0 Å². The van der Waals surface area contributed by atoms with Gasteiger partial charge in [0.15, 0.2) is 0 Å². The second-order valence-corrected chi connectivity index (χ2v) is 9.03. The third-order valence-corrected chi connectivity index (χ3v) is 6.58. The maximum atomic E-state index is 14.2. The summed E-state index contributed by atoms with van der Waals surface area (Å²) in [5.74, 6) is -1.86. The Bertz CT molecular complexity index is 1130. The third kappa shape index (κ3) is 5.66. The van der Waals surface area contributed by atoms with Crippen LogP contribution in [0.5, 0.6) is 0 Å². The number of anilines is 1. The number of aromatic nitrogens is 1. The van der Waals surface area contributed by atoms with Crippen molar-refractivity contribution in [2.75, 3.05) is 11.4 Å². The van der Waals surface area contributed by atoms with E-state index in [1.165, 1.54) is 40.6 Å². The highest BCUT2D eigenvalue weighted by atomic mass is 32.1. The number of rotatable bonds is 8. The fourth-order valence-corrected chi connectivity index (χ4v) is 4.74. The molecule has 7 nitrogen and oxygen atoms in total. The van der Waals surface area contributed by atoms with Gasteiger partial charge in [-0.2, -0.15) is 0 Å². The fraction of sp³-hybridized carbons (Fsp3) is 0.280. The topological polar surface area (TPSA) is 91.4 Å². The molecule has 0 aliphatic heterocycles. The van der Waals surface area contributed by atoms with E-state index in [0.717, 1.165) is 25.7 Å². The first-order chi connectivity index (χ1) is 16.5. The Balaban J connectivity index is 1.66. The fourth-order valence-electron chi connectivity index (χ4n) is 4.10. The molecule has 0 saturated heterocycles. The van der Waals surface area contributed by atoms with Gasteiger partial charge in [-0.25, -0.2) is 4.39 Å². The highest BCUT2D eigenvalue weighted by Gasteiger charge is 2.34. The molecule has 1 aromatic carbocycles. The van der Waals surface area contributed by atoms with Crippen LogP contribution in [0.25, 0.3) is 0 Å². The van der Waals surface area contributed by atoms with Gasteiger partial charge in [-0.3, -0.25) is 24.3 Å². The van der Waals surface area contributed by atoms with Crippen molar-refractivity contribution in [1.29, 1.82) is 0 Å². The van der Waals surface area contributed by atoms with Gasteiger partial charge < -0.3 is 10.6 Å². The molecule has 0 radical (unpaired) electrons. The number of carbonyl (C=O) groups is 3. The molecule has 176 valence electrons. The van der Waals surface area contributed by atoms with Crippen molar-refractivity contribution < 1.29 is 18.8 Å². The molecule has 1 fully saturated rings. The Kier molecular flexibility index (Phi) is 7.64. The summed E-state index contributed by atoms with van der Waals surface area (Å²) in [6.07, 6.45) is 6.90. The molecule has 3 aromatic rings. The zero-order valence-electron chi connectivity index (χ0n) is 18.4. The molecule has 0 bridgehead atoms. The van der Waals surface area contributed by atoms with E-state index in [2.05, 4.69) is 15.6 Å². The molecule has 2 N–H and O–H groups in total. The largest absolute Gasteiger partial charge is 0.351 e. The van der Waals surface area contributed by atoms with E-state index in [-0.39, 0.29) is 24.2 Å². The van der Waals surface area contributed by atoms with Gasteiger partial charge in [0.05, 0.1) is 11.4 Å². The summed E-state index contributed by atoms with van der Waals surface area (Å²) in [4.78, 5) is 45.2. The van der Waals surface area contributed by atoms with Gasteiger partial charge in [-0.15, -0.1) is 11.3 Å². The summed E-state index contributed by atoms with van der Waals surface area (Å²) in [5.41, 5.74) is 0.700. The number of thiophene rings is 1. The molecular weight excluding hydrogens is 455 g/mol. The van der Waals surface area contributed by atoms with Crippen LogP contribution in [0.3, 0.4) is 0 Å². The molecule has 3 amide bonds. The Morgan fingerprint density at radius 2 is 1.94 bits per heavy atom. The van der Waals surface area contributed by atoms with E-state index in [1.807, 2.05) is 0 Å². The molecule has 2 aromatic heterocycles. The summed E-state index contributed by atoms with van der Waals surface area (Å²) in [6, 6.07) is 11.2. The highest BCUT2D eigenvalue weighted by Crippen LogP contribution is 2.29. The zero-order valence-corrected chi connectivity index (χ0v) is 19.3. The van der Waals surface area contributed by atoms with Crippen molar-refractivity contribution in [2.24, 2.45) is 0 Å². The van der Waals surface area contributed by atoms with E-state index in [9.17, 15) is 18.8 Å². The Labute approximate surface area is 201 Å². The number of hydrogen-bond donors (Lipinski definition) is 2. The van der Waals surface area contributed by atoms with E-state index < -0.39 is 23.7 Å². The van der Waals surface area contributed by atoms with Crippen LogP contribution in [0.4, 0.5) is 10.1 Å². The number of benzene rings is 1. The van der Waals surface area contributed by atoms with Gasteiger partial charge in [-0.05, 0) is 48.6 Å².